The van der Waals surface area contributed by atoms with E-state index < -0.39 is 6.04 Å². The van der Waals surface area contributed by atoms with Crippen LogP contribution < -0.4 is 10.6 Å². The molecule has 0 aliphatic carbocycles. The number of nitrogens with zero attached hydrogens (tertiary/aromatic N) is 3. The Hall–Kier alpha value is -4.00. The van der Waals surface area contributed by atoms with E-state index in [2.05, 4.69) is 25.4 Å². The second kappa shape index (κ2) is 10.1. The molecule has 0 fully saturated rings. The maximum Gasteiger partial charge on any atom is 0.246 e. The molecule has 0 saturated carbocycles. The summed E-state index contributed by atoms with van der Waals surface area (Å²) in [7, 11) is 0. The molecule has 7 nitrogen and oxygen atoms in total. The summed E-state index contributed by atoms with van der Waals surface area (Å²) in [4.78, 5) is 25.5. The Morgan fingerprint density at radius 2 is 1.80 bits per heavy atom. The largest absolute Gasteiger partial charge is 0.344 e. The summed E-state index contributed by atoms with van der Waals surface area (Å²) in [5.74, 6) is 1.39. The van der Waals surface area contributed by atoms with Crippen LogP contribution >= 0.6 is 0 Å². The highest BCUT2D eigenvalue weighted by Crippen LogP contribution is 2.25. The first-order valence-corrected chi connectivity index (χ1v) is 12.2. The second-order valence-corrected chi connectivity index (χ2v) is 9.08. The van der Waals surface area contributed by atoms with E-state index in [1.54, 1.807) is 6.92 Å². The van der Waals surface area contributed by atoms with E-state index in [1.807, 2.05) is 66.7 Å². The lowest BCUT2D eigenvalue weighted by Gasteiger charge is -2.15. The number of fused-ring (bicyclic) bond motifs is 2. The molecular formula is C28H29N5O2. The van der Waals surface area contributed by atoms with Gasteiger partial charge in [-0.1, -0.05) is 61.0 Å². The van der Waals surface area contributed by atoms with Gasteiger partial charge in [0.05, 0.1) is 6.42 Å². The summed E-state index contributed by atoms with van der Waals surface area (Å²) >= 11 is 0. The highest BCUT2D eigenvalue weighted by Gasteiger charge is 2.19. The molecule has 4 aromatic rings. The quantitative estimate of drug-likeness (QED) is 0.437. The normalized spacial score (nSPS) is 14.1. The van der Waals surface area contributed by atoms with Gasteiger partial charge in [0.1, 0.15) is 11.9 Å². The number of carbonyl (C=O) groups is 2. The molecule has 7 heteroatoms. The molecule has 0 unspecified atom stereocenters. The Kier molecular flexibility index (Phi) is 6.57. The molecule has 3 aromatic carbocycles. The van der Waals surface area contributed by atoms with Crippen molar-refractivity contribution in [1.29, 1.82) is 0 Å². The van der Waals surface area contributed by atoms with Gasteiger partial charge in [0, 0.05) is 24.2 Å². The molecule has 0 bridgehead atoms. The lowest BCUT2D eigenvalue weighted by Crippen LogP contribution is -2.42. The van der Waals surface area contributed by atoms with Crippen molar-refractivity contribution < 1.29 is 9.59 Å². The Balaban J connectivity index is 1.24. The summed E-state index contributed by atoms with van der Waals surface area (Å²) < 4.78 is 2.18. The van der Waals surface area contributed by atoms with Crippen LogP contribution in [0.3, 0.4) is 0 Å². The van der Waals surface area contributed by atoms with Crippen LogP contribution in [0.4, 0.5) is 5.69 Å². The fourth-order valence-corrected chi connectivity index (χ4v) is 4.66. The maximum atomic E-state index is 12.8. The number of aryl methyl sites for hydroxylation is 1. The zero-order valence-corrected chi connectivity index (χ0v) is 19.8. The fourth-order valence-electron chi connectivity index (χ4n) is 4.66. The number of nitrogens with one attached hydrogen (secondary N) is 2. The second-order valence-electron chi connectivity index (χ2n) is 9.08. The third-order valence-corrected chi connectivity index (χ3v) is 6.50. The predicted molar refractivity (Wildman–Crippen MR) is 137 cm³/mol. The smallest absolute Gasteiger partial charge is 0.246 e. The number of hydrogen-bond donors (Lipinski definition) is 2. The molecule has 5 rings (SSSR count). The molecule has 1 aliphatic heterocycles. The van der Waals surface area contributed by atoms with E-state index in [9.17, 15) is 9.59 Å². The van der Waals surface area contributed by atoms with Crippen LogP contribution in [-0.4, -0.2) is 32.6 Å². The van der Waals surface area contributed by atoms with E-state index in [4.69, 9.17) is 0 Å². The van der Waals surface area contributed by atoms with Crippen LogP contribution in [0.1, 0.15) is 37.6 Å². The van der Waals surface area contributed by atoms with Gasteiger partial charge in [-0.2, -0.15) is 0 Å². The number of amides is 2. The summed E-state index contributed by atoms with van der Waals surface area (Å²) in [6.07, 6.45) is 4.61. The molecule has 1 aliphatic rings. The van der Waals surface area contributed by atoms with Gasteiger partial charge in [-0.3, -0.25) is 9.59 Å². The molecule has 1 aromatic heterocycles. The van der Waals surface area contributed by atoms with E-state index in [-0.39, 0.29) is 18.2 Å². The zero-order valence-electron chi connectivity index (χ0n) is 19.8. The maximum absolute atomic E-state index is 12.8. The number of hydrogen-bond acceptors (Lipinski definition) is 4. The molecule has 2 amide bonds. The van der Waals surface area contributed by atoms with Crippen molar-refractivity contribution in [2.45, 2.75) is 51.6 Å². The van der Waals surface area contributed by atoms with Crippen LogP contribution in [0.2, 0.25) is 0 Å². The van der Waals surface area contributed by atoms with Crippen molar-refractivity contribution in [3.63, 3.8) is 0 Å². The first-order valence-electron chi connectivity index (χ1n) is 12.2. The summed E-state index contributed by atoms with van der Waals surface area (Å²) in [6.45, 7) is 2.60. The molecule has 0 spiro atoms. The Morgan fingerprint density at radius 1 is 0.971 bits per heavy atom. The number of rotatable bonds is 6. The van der Waals surface area contributed by atoms with Crippen molar-refractivity contribution in [3.8, 4) is 11.4 Å². The van der Waals surface area contributed by atoms with Crippen molar-refractivity contribution in [2.24, 2.45) is 0 Å². The van der Waals surface area contributed by atoms with E-state index in [0.717, 1.165) is 59.4 Å². The molecule has 2 heterocycles. The summed E-state index contributed by atoms with van der Waals surface area (Å²) in [6, 6.07) is 20.8. The first-order chi connectivity index (χ1) is 17.1. The highest BCUT2D eigenvalue weighted by molar-refractivity contribution is 5.98. The highest BCUT2D eigenvalue weighted by atomic mass is 16.2. The minimum Gasteiger partial charge on any atom is -0.344 e. The van der Waals surface area contributed by atoms with E-state index >= 15 is 0 Å². The zero-order chi connectivity index (χ0) is 24.2. The standard InChI is InChI=1S/C28H29N5O2/c1-19(29-26(34)18-21-11-7-10-20-9-4-5-14-24(20)21)28(35)30-23-13-8-12-22(17-23)27-32-31-25-15-3-2-6-16-33(25)27/h4-5,7-14,17,19H,2-3,6,15-16,18H2,1H3,(H,29,34)(H,30,35)/t19-/m0/s1. The van der Waals surface area contributed by atoms with Gasteiger partial charge < -0.3 is 15.2 Å². The number of carbonyl (C=O) groups excluding carboxylic acids is 2. The molecule has 0 radical (unpaired) electrons. The third-order valence-electron chi connectivity index (χ3n) is 6.50. The lowest BCUT2D eigenvalue weighted by molar-refractivity contribution is -0.125. The van der Waals surface area contributed by atoms with Crippen molar-refractivity contribution >= 4 is 28.3 Å². The van der Waals surface area contributed by atoms with E-state index in [1.165, 1.54) is 6.42 Å². The van der Waals surface area contributed by atoms with Crippen LogP contribution in [0.5, 0.6) is 0 Å². The molecule has 0 saturated heterocycles. The third kappa shape index (κ3) is 5.09. The number of benzene rings is 3. The monoisotopic (exact) mass is 467 g/mol. The molecular weight excluding hydrogens is 438 g/mol. The van der Waals surface area contributed by atoms with Crippen LogP contribution in [-0.2, 0) is 29.0 Å². The average molecular weight is 468 g/mol. The van der Waals surface area contributed by atoms with Gasteiger partial charge in [-0.15, -0.1) is 10.2 Å². The SMILES string of the molecule is C[C@H](NC(=O)Cc1cccc2ccccc12)C(=O)Nc1cccc(-c2nnc3n2CCCCC3)c1. The van der Waals surface area contributed by atoms with Crippen LogP contribution in [0, 0.1) is 0 Å². The number of anilines is 1. The van der Waals surface area contributed by atoms with Crippen LogP contribution in [0.15, 0.2) is 66.7 Å². The van der Waals surface area contributed by atoms with Crippen molar-refractivity contribution in [2.75, 3.05) is 5.32 Å². The topological polar surface area (TPSA) is 88.9 Å². The fraction of sp³-hybridized carbons (Fsp3) is 0.286. The Bertz CT molecular complexity index is 1370. The molecule has 178 valence electrons. The minimum absolute atomic E-state index is 0.191. The van der Waals surface area contributed by atoms with Gasteiger partial charge in [-0.25, -0.2) is 0 Å². The van der Waals surface area contributed by atoms with Crippen molar-refractivity contribution in [3.05, 3.63) is 78.1 Å². The van der Waals surface area contributed by atoms with Gasteiger partial charge in [0.15, 0.2) is 5.82 Å². The number of aromatic nitrogens is 3. The van der Waals surface area contributed by atoms with Crippen LogP contribution in [0.25, 0.3) is 22.2 Å². The lowest BCUT2D eigenvalue weighted by atomic mass is 10.0. The van der Waals surface area contributed by atoms with E-state index in [0.29, 0.717) is 5.69 Å². The Labute approximate surface area is 204 Å². The Morgan fingerprint density at radius 3 is 2.71 bits per heavy atom. The van der Waals surface area contributed by atoms with Crippen molar-refractivity contribution in [1.82, 2.24) is 20.1 Å². The van der Waals surface area contributed by atoms with Gasteiger partial charge >= 0.3 is 0 Å². The molecule has 35 heavy (non-hydrogen) atoms. The average Bonchev–Trinajstić information content (AvgIpc) is 3.12. The molecule has 2 N–H and O–H groups in total. The molecule has 1 atom stereocenters. The minimum atomic E-state index is -0.675. The predicted octanol–water partition coefficient (Wildman–Crippen LogP) is 4.51. The summed E-state index contributed by atoms with van der Waals surface area (Å²) in [5.41, 5.74) is 2.51. The van der Waals surface area contributed by atoms with Gasteiger partial charge in [0.2, 0.25) is 11.8 Å². The van der Waals surface area contributed by atoms with Gasteiger partial charge in [-0.05, 0) is 48.2 Å². The van der Waals surface area contributed by atoms with Gasteiger partial charge in [0.25, 0.3) is 0 Å². The first kappa shape index (κ1) is 22.8. The summed E-state index contributed by atoms with van der Waals surface area (Å²) in [5, 5.41) is 16.7.